The molecule has 0 bridgehead atoms. The molecule has 0 spiro atoms. The van der Waals surface area contributed by atoms with E-state index in [2.05, 4.69) is 15.2 Å². The van der Waals surface area contributed by atoms with E-state index in [1.165, 1.54) is 4.90 Å². The molecule has 5 rings (SSSR count). The van der Waals surface area contributed by atoms with Crippen molar-refractivity contribution >= 4 is 22.6 Å². The van der Waals surface area contributed by atoms with E-state index in [1.54, 1.807) is 22.9 Å². The van der Waals surface area contributed by atoms with Crippen molar-refractivity contribution < 1.29 is 23.8 Å². The molecule has 43 heavy (non-hydrogen) atoms. The summed E-state index contributed by atoms with van der Waals surface area (Å²) >= 11 is 0. The number of benzene rings is 1. The summed E-state index contributed by atoms with van der Waals surface area (Å²) in [5.41, 5.74) is 2.14. The SMILES string of the molecule is CC(C)n1c(=O)ccc2cnc(N[C@@H](C)c3ccc(C4(N5CCN(C(=O)C(O)CO)CC5)CCC(F)(F)CC4)cc3)cc21. The third-order valence-electron chi connectivity index (χ3n) is 9.11. The fourth-order valence-corrected chi connectivity index (χ4v) is 6.61. The number of fused-ring (bicyclic) bond motifs is 1. The first-order chi connectivity index (χ1) is 20.4. The fraction of sp³-hybridized carbons (Fsp3) is 0.531. The number of pyridine rings is 2. The second-order valence-electron chi connectivity index (χ2n) is 12.1. The van der Waals surface area contributed by atoms with Gasteiger partial charge in [0.25, 0.3) is 11.5 Å². The van der Waals surface area contributed by atoms with Gasteiger partial charge in [-0.15, -0.1) is 0 Å². The van der Waals surface area contributed by atoms with Crippen LogP contribution in [0.3, 0.4) is 0 Å². The highest BCUT2D eigenvalue weighted by molar-refractivity contribution is 5.81. The Kier molecular flexibility index (Phi) is 8.87. The summed E-state index contributed by atoms with van der Waals surface area (Å²) in [7, 11) is 0. The predicted octanol–water partition coefficient (Wildman–Crippen LogP) is 4.05. The van der Waals surface area contributed by atoms with Crippen LogP contribution in [0.25, 0.3) is 10.9 Å². The van der Waals surface area contributed by atoms with Gasteiger partial charge >= 0.3 is 0 Å². The molecule has 9 nitrogen and oxygen atoms in total. The van der Waals surface area contributed by atoms with Gasteiger partial charge in [0, 0.05) is 80.4 Å². The Bertz CT molecular complexity index is 1490. The monoisotopic (exact) mass is 597 g/mol. The molecule has 11 heteroatoms. The quantitative estimate of drug-likeness (QED) is 0.359. The van der Waals surface area contributed by atoms with E-state index in [0.29, 0.717) is 44.8 Å². The highest BCUT2D eigenvalue weighted by atomic mass is 19.3. The zero-order chi connectivity index (χ0) is 30.9. The summed E-state index contributed by atoms with van der Waals surface area (Å²) in [6.45, 7) is 7.03. The molecule has 1 amide bonds. The fourth-order valence-electron chi connectivity index (χ4n) is 6.61. The van der Waals surface area contributed by atoms with Crippen molar-refractivity contribution in [2.45, 2.75) is 76.1 Å². The van der Waals surface area contributed by atoms with Crippen LogP contribution in [-0.2, 0) is 10.3 Å². The number of halogens is 2. The number of nitrogens with zero attached hydrogens (tertiary/aromatic N) is 4. The van der Waals surface area contributed by atoms with Gasteiger partial charge in [0.15, 0.2) is 6.10 Å². The summed E-state index contributed by atoms with van der Waals surface area (Å²) in [4.78, 5) is 33.2. The predicted molar refractivity (Wildman–Crippen MR) is 161 cm³/mol. The summed E-state index contributed by atoms with van der Waals surface area (Å²) in [5, 5.41) is 23.3. The van der Waals surface area contributed by atoms with Gasteiger partial charge in [-0.05, 0) is 50.8 Å². The molecule has 2 fully saturated rings. The third-order valence-corrected chi connectivity index (χ3v) is 9.11. The normalized spacial score (nSPS) is 20.2. The molecule has 1 aromatic carbocycles. The van der Waals surface area contributed by atoms with E-state index >= 15 is 0 Å². The van der Waals surface area contributed by atoms with Crippen molar-refractivity contribution in [3.05, 3.63) is 70.1 Å². The van der Waals surface area contributed by atoms with E-state index in [4.69, 9.17) is 5.11 Å². The number of aliphatic hydroxyl groups is 2. The first-order valence-corrected chi connectivity index (χ1v) is 15.0. The topological polar surface area (TPSA) is 111 Å². The highest BCUT2D eigenvalue weighted by Gasteiger charge is 2.48. The van der Waals surface area contributed by atoms with E-state index < -0.39 is 30.1 Å². The molecule has 2 aliphatic rings. The van der Waals surface area contributed by atoms with Gasteiger partial charge in [-0.1, -0.05) is 24.3 Å². The van der Waals surface area contributed by atoms with Crippen molar-refractivity contribution in [1.29, 1.82) is 0 Å². The Balaban J connectivity index is 1.35. The maximum absolute atomic E-state index is 14.3. The molecular formula is C32H41F2N5O4. The van der Waals surface area contributed by atoms with Crippen LogP contribution in [0.4, 0.5) is 14.6 Å². The smallest absolute Gasteiger partial charge is 0.253 e. The Hall–Kier alpha value is -3.41. The van der Waals surface area contributed by atoms with Crippen LogP contribution in [0.1, 0.15) is 69.7 Å². The van der Waals surface area contributed by atoms with Gasteiger partial charge in [-0.2, -0.15) is 0 Å². The average Bonchev–Trinajstić information content (AvgIpc) is 3.00. The number of aliphatic hydroxyl groups excluding tert-OH is 2. The zero-order valence-electron chi connectivity index (χ0n) is 25.0. The van der Waals surface area contributed by atoms with E-state index in [-0.39, 0.29) is 30.5 Å². The lowest BCUT2D eigenvalue weighted by Gasteiger charge is -2.51. The molecule has 3 heterocycles. The van der Waals surface area contributed by atoms with Gasteiger partial charge in [0.1, 0.15) is 5.82 Å². The lowest BCUT2D eigenvalue weighted by Crippen LogP contribution is -2.59. The number of amides is 1. The molecule has 1 saturated carbocycles. The number of anilines is 1. The molecule has 1 aliphatic heterocycles. The molecule has 1 aliphatic carbocycles. The number of aromatic nitrogens is 2. The van der Waals surface area contributed by atoms with Crippen LogP contribution in [0, 0.1) is 0 Å². The van der Waals surface area contributed by atoms with Crippen LogP contribution >= 0.6 is 0 Å². The third kappa shape index (κ3) is 6.30. The highest BCUT2D eigenvalue weighted by Crippen LogP contribution is 2.48. The molecular weight excluding hydrogens is 556 g/mol. The van der Waals surface area contributed by atoms with Crippen molar-refractivity contribution in [2.24, 2.45) is 0 Å². The van der Waals surface area contributed by atoms with Gasteiger partial charge in [-0.3, -0.25) is 14.5 Å². The van der Waals surface area contributed by atoms with Gasteiger partial charge < -0.3 is 25.0 Å². The van der Waals surface area contributed by atoms with E-state index in [1.807, 2.05) is 51.1 Å². The molecule has 1 unspecified atom stereocenters. The Morgan fingerprint density at radius 3 is 2.26 bits per heavy atom. The minimum atomic E-state index is -2.70. The molecule has 0 radical (unpaired) electrons. The standard InChI is InChI=1S/C32H41F2N5O4/c1-21(2)39-26-18-28(35-19-24(26)6-9-29(39)42)36-22(3)23-4-7-25(8-5-23)31(10-12-32(33,34)13-11-31)38-16-14-37(15-17-38)30(43)27(41)20-40/h4-9,18-19,21-22,27,40-41H,10-17,20H2,1-3H3,(H,35,36)/t22-,27?/m0/s1. The Morgan fingerprint density at radius 1 is 1.00 bits per heavy atom. The van der Waals surface area contributed by atoms with Gasteiger partial charge in [-0.25, -0.2) is 13.8 Å². The van der Waals surface area contributed by atoms with Crippen LogP contribution in [0.15, 0.2) is 53.5 Å². The van der Waals surface area contributed by atoms with Gasteiger partial charge in [0.2, 0.25) is 5.92 Å². The van der Waals surface area contributed by atoms with Crippen LogP contribution in [-0.4, -0.2) is 80.3 Å². The van der Waals surface area contributed by atoms with Gasteiger partial charge in [0.05, 0.1) is 12.1 Å². The van der Waals surface area contributed by atoms with Crippen LogP contribution in [0.5, 0.6) is 0 Å². The first kappa shape index (κ1) is 31.0. The van der Waals surface area contributed by atoms with Crippen LogP contribution < -0.4 is 10.9 Å². The zero-order valence-corrected chi connectivity index (χ0v) is 25.0. The van der Waals surface area contributed by atoms with Crippen molar-refractivity contribution in [3.63, 3.8) is 0 Å². The number of carbonyl (C=O) groups excluding carboxylic acids is 1. The second kappa shape index (κ2) is 12.3. The van der Waals surface area contributed by atoms with Crippen molar-refractivity contribution in [1.82, 2.24) is 19.4 Å². The molecule has 3 N–H and O–H groups in total. The summed E-state index contributed by atoms with van der Waals surface area (Å²) in [6, 6.07) is 13.2. The number of hydrogen-bond donors (Lipinski definition) is 3. The number of carbonyl (C=O) groups is 1. The van der Waals surface area contributed by atoms with Crippen LogP contribution in [0.2, 0.25) is 0 Å². The first-order valence-electron chi connectivity index (χ1n) is 15.0. The lowest BCUT2D eigenvalue weighted by atomic mass is 9.73. The molecule has 2 aromatic heterocycles. The number of nitrogens with one attached hydrogen (secondary N) is 1. The maximum atomic E-state index is 14.3. The Labute approximate surface area is 250 Å². The molecule has 3 aromatic rings. The van der Waals surface area contributed by atoms with E-state index in [0.717, 1.165) is 22.0 Å². The summed E-state index contributed by atoms with van der Waals surface area (Å²) in [6.07, 6.45) is 0.514. The lowest BCUT2D eigenvalue weighted by molar-refractivity contribution is -0.146. The van der Waals surface area contributed by atoms with E-state index in [9.17, 15) is 23.5 Å². The summed E-state index contributed by atoms with van der Waals surface area (Å²) < 4.78 is 30.4. The summed E-state index contributed by atoms with van der Waals surface area (Å²) in [5.74, 6) is -2.56. The Morgan fingerprint density at radius 2 is 1.65 bits per heavy atom. The second-order valence-corrected chi connectivity index (χ2v) is 12.1. The molecule has 2 atom stereocenters. The maximum Gasteiger partial charge on any atom is 0.253 e. The average molecular weight is 598 g/mol. The van der Waals surface area contributed by atoms with Crippen molar-refractivity contribution in [3.8, 4) is 0 Å². The minimum absolute atomic E-state index is 0.000855. The molecule has 232 valence electrons. The molecule has 1 saturated heterocycles. The number of alkyl halides is 2. The number of hydrogen-bond acceptors (Lipinski definition) is 7. The number of piperazine rings is 1. The van der Waals surface area contributed by atoms with Crippen molar-refractivity contribution in [2.75, 3.05) is 38.1 Å². The largest absolute Gasteiger partial charge is 0.393 e. The number of rotatable bonds is 8. The minimum Gasteiger partial charge on any atom is -0.393 e.